The largest absolute Gasteiger partial charge is 0.395 e. The Balaban J connectivity index is 2.20. The SMILES string of the molecule is O=[N+]([O-])c1ccc(N=NC2(Cl)CCCCC2C(F)(F)F)cc1. The van der Waals surface area contributed by atoms with Crippen molar-refractivity contribution in [3.63, 3.8) is 0 Å². The lowest BCUT2D eigenvalue weighted by molar-refractivity contribution is -0.384. The zero-order valence-electron chi connectivity index (χ0n) is 11.4. The summed E-state index contributed by atoms with van der Waals surface area (Å²) in [5, 5.41) is 18.0. The summed E-state index contributed by atoms with van der Waals surface area (Å²) in [6.07, 6.45) is -3.42. The Hall–Kier alpha value is -1.70. The highest BCUT2D eigenvalue weighted by molar-refractivity contribution is 6.24. The van der Waals surface area contributed by atoms with Gasteiger partial charge in [0, 0.05) is 12.1 Å². The van der Waals surface area contributed by atoms with E-state index in [0.717, 1.165) is 0 Å². The van der Waals surface area contributed by atoms with Crippen molar-refractivity contribution in [3.8, 4) is 0 Å². The predicted octanol–water partition coefficient (Wildman–Crippen LogP) is 5.37. The molecule has 120 valence electrons. The van der Waals surface area contributed by atoms with E-state index in [1.807, 2.05) is 0 Å². The van der Waals surface area contributed by atoms with Gasteiger partial charge in [-0.25, -0.2) is 0 Å². The molecule has 0 amide bonds. The van der Waals surface area contributed by atoms with Crippen molar-refractivity contribution in [2.24, 2.45) is 16.1 Å². The number of hydrogen-bond acceptors (Lipinski definition) is 4. The zero-order valence-corrected chi connectivity index (χ0v) is 12.1. The Morgan fingerprint density at radius 3 is 2.45 bits per heavy atom. The van der Waals surface area contributed by atoms with Gasteiger partial charge in [0.2, 0.25) is 0 Å². The van der Waals surface area contributed by atoms with Crippen LogP contribution in [-0.2, 0) is 0 Å². The van der Waals surface area contributed by atoms with Crippen LogP contribution in [0.3, 0.4) is 0 Å². The van der Waals surface area contributed by atoms with E-state index in [-0.39, 0.29) is 24.2 Å². The second kappa shape index (κ2) is 6.20. The van der Waals surface area contributed by atoms with Crippen molar-refractivity contribution in [1.29, 1.82) is 0 Å². The molecule has 1 aliphatic carbocycles. The normalized spacial score (nSPS) is 26.3. The number of alkyl halides is 4. The van der Waals surface area contributed by atoms with Gasteiger partial charge < -0.3 is 0 Å². The van der Waals surface area contributed by atoms with E-state index in [1.165, 1.54) is 24.3 Å². The molecule has 0 bridgehead atoms. The van der Waals surface area contributed by atoms with E-state index in [4.69, 9.17) is 11.6 Å². The number of nitro benzene ring substituents is 1. The van der Waals surface area contributed by atoms with Gasteiger partial charge in [0.25, 0.3) is 5.69 Å². The Kier molecular flexibility index (Phi) is 4.69. The van der Waals surface area contributed by atoms with Crippen molar-refractivity contribution in [2.45, 2.75) is 36.9 Å². The zero-order chi connectivity index (χ0) is 16.4. The number of nitro groups is 1. The maximum Gasteiger partial charge on any atom is 0.395 e. The fraction of sp³-hybridized carbons (Fsp3) is 0.538. The van der Waals surface area contributed by atoms with Gasteiger partial charge >= 0.3 is 6.18 Å². The summed E-state index contributed by atoms with van der Waals surface area (Å²) in [6.45, 7) is 0. The average molecular weight is 336 g/mol. The minimum Gasteiger partial charge on any atom is -0.258 e. The number of azo groups is 1. The van der Waals surface area contributed by atoms with Gasteiger partial charge in [0.15, 0.2) is 5.00 Å². The maximum absolute atomic E-state index is 13.0. The Labute approximate surface area is 129 Å². The van der Waals surface area contributed by atoms with E-state index in [9.17, 15) is 23.3 Å². The van der Waals surface area contributed by atoms with Gasteiger partial charge in [0.1, 0.15) is 0 Å². The Morgan fingerprint density at radius 2 is 1.91 bits per heavy atom. The second-order valence-corrected chi connectivity index (χ2v) is 5.79. The minimum absolute atomic E-state index is 0.0771. The van der Waals surface area contributed by atoms with Crippen molar-refractivity contribution in [1.82, 2.24) is 0 Å². The molecule has 1 aliphatic rings. The highest BCUT2D eigenvalue weighted by atomic mass is 35.5. The lowest BCUT2D eigenvalue weighted by Crippen LogP contribution is -2.42. The first kappa shape index (κ1) is 16.7. The number of rotatable bonds is 3. The lowest BCUT2D eigenvalue weighted by atomic mass is 9.84. The predicted molar refractivity (Wildman–Crippen MR) is 74.2 cm³/mol. The number of hydrogen-bond donors (Lipinski definition) is 0. The summed E-state index contributed by atoms with van der Waals surface area (Å²) in [6, 6.07) is 5.04. The molecule has 1 fully saturated rings. The quantitative estimate of drug-likeness (QED) is 0.245. The van der Waals surface area contributed by atoms with Crippen molar-refractivity contribution < 1.29 is 18.1 Å². The first-order valence-corrected chi connectivity index (χ1v) is 7.03. The summed E-state index contributed by atoms with van der Waals surface area (Å²) in [4.78, 5) is 8.14. The average Bonchev–Trinajstić information content (AvgIpc) is 2.45. The highest BCUT2D eigenvalue weighted by Gasteiger charge is 2.54. The molecule has 22 heavy (non-hydrogen) atoms. The molecule has 0 aromatic heterocycles. The van der Waals surface area contributed by atoms with Crippen LogP contribution in [0.4, 0.5) is 24.5 Å². The molecule has 0 N–H and O–H groups in total. The molecule has 0 spiro atoms. The van der Waals surface area contributed by atoms with Crippen LogP contribution in [0, 0.1) is 16.0 Å². The molecular formula is C13H13ClF3N3O2. The summed E-state index contributed by atoms with van der Waals surface area (Å²) in [5.74, 6) is -1.74. The van der Waals surface area contributed by atoms with Crippen LogP contribution in [0.15, 0.2) is 34.5 Å². The van der Waals surface area contributed by atoms with Gasteiger partial charge in [-0.2, -0.15) is 23.4 Å². The van der Waals surface area contributed by atoms with Crippen LogP contribution >= 0.6 is 11.6 Å². The van der Waals surface area contributed by atoms with E-state index in [1.54, 1.807) is 0 Å². The molecule has 0 radical (unpaired) electrons. The monoisotopic (exact) mass is 335 g/mol. The third-order valence-electron chi connectivity index (χ3n) is 3.59. The first-order valence-electron chi connectivity index (χ1n) is 6.65. The van der Waals surface area contributed by atoms with Crippen LogP contribution in [0.1, 0.15) is 25.7 Å². The minimum atomic E-state index is -4.43. The Bertz CT molecular complexity index is 577. The van der Waals surface area contributed by atoms with Gasteiger partial charge in [-0.3, -0.25) is 10.1 Å². The second-order valence-electron chi connectivity index (χ2n) is 5.13. The Morgan fingerprint density at radius 1 is 1.27 bits per heavy atom. The molecule has 0 heterocycles. The van der Waals surface area contributed by atoms with E-state index >= 15 is 0 Å². The molecule has 5 nitrogen and oxygen atoms in total. The van der Waals surface area contributed by atoms with E-state index in [2.05, 4.69) is 10.2 Å². The third kappa shape index (κ3) is 3.73. The molecule has 1 aromatic rings. The third-order valence-corrected chi connectivity index (χ3v) is 4.12. The summed E-state index contributed by atoms with van der Waals surface area (Å²) in [7, 11) is 0. The number of nitrogens with zero attached hydrogens (tertiary/aromatic N) is 3. The van der Waals surface area contributed by atoms with Crippen molar-refractivity contribution in [3.05, 3.63) is 34.4 Å². The molecule has 1 aromatic carbocycles. The molecule has 1 saturated carbocycles. The summed E-state index contributed by atoms with van der Waals surface area (Å²) in [5.41, 5.74) is 0.0856. The van der Waals surface area contributed by atoms with Gasteiger partial charge in [-0.15, -0.1) is 0 Å². The van der Waals surface area contributed by atoms with Crippen LogP contribution in [-0.4, -0.2) is 16.1 Å². The van der Waals surface area contributed by atoms with E-state index in [0.29, 0.717) is 12.8 Å². The fourth-order valence-corrected chi connectivity index (χ4v) is 2.84. The first-order chi connectivity index (χ1) is 10.2. The molecule has 2 atom stereocenters. The molecule has 2 unspecified atom stereocenters. The number of benzene rings is 1. The molecule has 0 saturated heterocycles. The van der Waals surface area contributed by atoms with Crippen LogP contribution in [0.2, 0.25) is 0 Å². The van der Waals surface area contributed by atoms with Gasteiger partial charge in [-0.1, -0.05) is 18.0 Å². The molecule has 9 heteroatoms. The maximum atomic E-state index is 13.0. The van der Waals surface area contributed by atoms with Gasteiger partial charge in [-0.05, 0) is 31.4 Å². The van der Waals surface area contributed by atoms with Crippen LogP contribution in [0.5, 0.6) is 0 Å². The van der Waals surface area contributed by atoms with Crippen LogP contribution in [0.25, 0.3) is 0 Å². The topological polar surface area (TPSA) is 67.9 Å². The number of non-ortho nitro benzene ring substituents is 1. The molecular weight excluding hydrogens is 323 g/mol. The highest BCUT2D eigenvalue weighted by Crippen LogP contribution is 2.48. The number of halogens is 4. The van der Waals surface area contributed by atoms with E-state index < -0.39 is 22.0 Å². The van der Waals surface area contributed by atoms with Gasteiger partial charge in [0.05, 0.1) is 16.5 Å². The van der Waals surface area contributed by atoms with Crippen molar-refractivity contribution >= 4 is 23.0 Å². The van der Waals surface area contributed by atoms with Crippen molar-refractivity contribution in [2.75, 3.05) is 0 Å². The molecule has 0 aliphatic heterocycles. The summed E-state index contributed by atoms with van der Waals surface area (Å²) >= 11 is 6.07. The standard InChI is InChI=1S/C13H13ClF3N3O2/c14-12(8-2-1-3-11(12)13(15,16)17)19-18-9-4-6-10(7-5-9)20(21)22/h4-7,11H,1-3,8H2. The van der Waals surface area contributed by atoms with Crippen LogP contribution < -0.4 is 0 Å². The lowest BCUT2D eigenvalue weighted by Gasteiger charge is -2.36. The fourth-order valence-electron chi connectivity index (χ4n) is 2.43. The summed E-state index contributed by atoms with van der Waals surface area (Å²) < 4.78 is 39.1. The molecule has 2 rings (SSSR count). The smallest absolute Gasteiger partial charge is 0.258 e.